The third-order valence-electron chi connectivity index (χ3n) is 7.35. The van der Waals surface area contributed by atoms with Crippen molar-refractivity contribution in [1.29, 1.82) is 0 Å². The number of nitrogen functional groups attached to an aromatic ring is 1. The SMILES string of the molecule is CN(C(=O)C=CCN1CCCC1)c1cccc(-n2c(=O)n(-c3ccc(Oc4ccccc4)cc3)c3c(N)ncnc32)c1. The molecule has 212 valence electrons. The molecule has 1 amide bonds. The number of carbonyl (C=O) groups excluding carboxylic acids is 1. The summed E-state index contributed by atoms with van der Waals surface area (Å²) in [6.07, 6.45) is 7.24. The van der Waals surface area contributed by atoms with Gasteiger partial charge in [-0.25, -0.2) is 19.3 Å². The highest BCUT2D eigenvalue weighted by Gasteiger charge is 2.21. The zero-order chi connectivity index (χ0) is 29.1. The van der Waals surface area contributed by atoms with Gasteiger partial charge in [0.15, 0.2) is 11.5 Å². The first-order valence-electron chi connectivity index (χ1n) is 13.8. The number of ether oxygens (including phenoxy) is 1. The van der Waals surface area contributed by atoms with Crippen LogP contribution in [-0.2, 0) is 4.79 Å². The van der Waals surface area contributed by atoms with Crippen LogP contribution in [0.15, 0.2) is 102 Å². The second kappa shape index (κ2) is 11.7. The molecule has 0 aliphatic carbocycles. The number of amides is 1. The second-order valence-corrected chi connectivity index (χ2v) is 10.1. The number of aromatic nitrogens is 4. The quantitative estimate of drug-likeness (QED) is 0.277. The molecular formula is C32H31N7O3. The number of benzene rings is 3. The largest absolute Gasteiger partial charge is 0.457 e. The van der Waals surface area contributed by atoms with Crippen molar-refractivity contribution in [2.75, 3.05) is 37.3 Å². The Labute approximate surface area is 242 Å². The Kier molecular flexibility index (Phi) is 7.52. The molecule has 0 saturated carbocycles. The van der Waals surface area contributed by atoms with Crippen LogP contribution in [0.1, 0.15) is 12.8 Å². The Balaban J connectivity index is 1.33. The van der Waals surface area contributed by atoms with Gasteiger partial charge in [0.2, 0.25) is 5.91 Å². The van der Waals surface area contributed by atoms with Gasteiger partial charge >= 0.3 is 5.69 Å². The van der Waals surface area contributed by atoms with E-state index in [1.807, 2.05) is 42.5 Å². The van der Waals surface area contributed by atoms with Gasteiger partial charge < -0.3 is 15.4 Å². The maximum Gasteiger partial charge on any atom is 0.339 e. The van der Waals surface area contributed by atoms with E-state index in [4.69, 9.17) is 10.5 Å². The Morgan fingerprint density at radius 2 is 1.67 bits per heavy atom. The number of anilines is 2. The molecule has 0 atom stereocenters. The van der Waals surface area contributed by atoms with E-state index in [-0.39, 0.29) is 17.4 Å². The number of hydrogen-bond donors (Lipinski definition) is 1. The van der Waals surface area contributed by atoms with Crippen LogP contribution in [0.2, 0.25) is 0 Å². The summed E-state index contributed by atoms with van der Waals surface area (Å²) < 4.78 is 8.87. The minimum atomic E-state index is -0.370. The summed E-state index contributed by atoms with van der Waals surface area (Å²) in [4.78, 5) is 39.3. The lowest BCUT2D eigenvalue weighted by molar-refractivity contribution is -0.113. The molecule has 0 unspecified atom stereocenters. The number of carbonyl (C=O) groups is 1. The van der Waals surface area contributed by atoms with E-state index < -0.39 is 0 Å². The number of likely N-dealkylation sites (N-methyl/N-ethyl adjacent to an activating group) is 1. The third-order valence-corrected chi connectivity index (χ3v) is 7.35. The second-order valence-electron chi connectivity index (χ2n) is 10.1. The van der Waals surface area contributed by atoms with Gasteiger partial charge in [-0.05, 0) is 80.5 Å². The third kappa shape index (κ3) is 5.39. The Bertz CT molecular complexity index is 1800. The number of imidazole rings is 1. The average Bonchev–Trinajstić information content (AvgIpc) is 3.64. The highest BCUT2D eigenvalue weighted by Crippen LogP contribution is 2.27. The molecule has 1 fully saturated rings. The summed E-state index contributed by atoms with van der Waals surface area (Å²) in [5, 5.41) is 0. The van der Waals surface area contributed by atoms with Crippen molar-refractivity contribution >= 4 is 28.6 Å². The fourth-order valence-electron chi connectivity index (χ4n) is 5.15. The van der Waals surface area contributed by atoms with Crippen molar-refractivity contribution in [2.24, 2.45) is 0 Å². The molecule has 5 aromatic rings. The lowest BCUT2D eigenvalue weighted by Crippen LogP contribution is -2.26. The van der Waals surface area contributed by atoms with Gasteiger partial charge in [-0.1, -0.05) is 30.3 Å². The summed E-state index contributed by atoms with van der Waals surface area (Å²) >= 11 is 0. The number of likely N-dealkylation sites (tertiary alicyclic amines) is 1. The van der Waals surface area contributed by atoms with Crippen LogP contribution in [0, 0.1) is 0 Å². The minimum Gasteiger partial charge on any atom is -0.457 e. The zero-order valence-corrected chi connectivity index (χ0v) is 23.3. The van der Waals surface area contributed by atoms with Crippen LogP contribution in [0.4, 0.5) is 11.5 Å². The van der Waals surface area contributed by atoms with Crippen molar-refractivity contribution in [3.63, 3.8) is 0 Å². The summed E-state index contributed by atoms with van der Waals surface area (Å²) in [6.45, 7) is 2.89. The molecule has 2 aromatic heterocycles. The number of hydrogen-bond acceptors (Lipinski definition) is 7. The van der Waals surface area contributed by atoms with Crippen LogP contribution < -0.4 is 21.1 Å². The lowest BCUT2D eigenvalue weighted by atomic mass is 10.2. The molecule has 10 heteroatoms. The topological polar surface area (TPSA) is 112 Å². The molecule has 6 rings (SSSR count). The summed E-state index contributed by atoms with van der Waals surface area (Å²) in [5.41, 5.74) is 8.42. The minimum absolute atomic E-state index is 0.148. The Morgan fingerprint density at radius 3 is 2.43 bits per heavy atom. The first kappa shape index (κ1) is 27.0. The van der Waals surface area contributed by atoms with Crippen molar-refractivity contribution in [1.82, 2.24) is 24.0 Å². The fraction of sp³-hybridized carbons (Fsp3) is 0.188. The van der Waals surface area contributed by atoms with Gasteiger partial charge in [-0.2, -0.15) is 0 Å². The predicted octanol–water partition coefficient (Wildman–Crippen LogP) is 4.56. The van der Waals surface area contributed by atoms with Crippen LogP contribution in [0.5, 0.6) is 11.5 Å². The smallest absolute Gasteiger partial charge is 0.339 e. The molecule has 0 bridgehead atoms. The molecule has 0 spiro atoms. The van der Waals surface area contributed by atoms with Gasteiger partial charge in [-0.3, -0.25) is 14.3 Å². The van der Waals surface area contributed by atoms with E-state index >= 15 is 0 Å². The number of nitrogens with two attached hydrogens (primary N) is 1. The molecule has 42 heavy (non-hydrogen) atoms. The molecule has 3 aromatic carbocycles. The normalized spacial score (nSPS) is 13.6. The molecule has 2 N–H and O–H groups in total. The summed E-state index contributed by atoms with van der Waals surface area (Å²) in [7, 11) is 1.72. The van der Waals surface area contributed by atoms with E-state index in [9.17, 15) is 9.59 Å². The number of rotatable bonds is 8. The number of fused-ring (bicyclic) bond motifs is 1. The van der Waals surface area contributed by atoms with Crippen molar-refractivity contribution in [3.05, 3.63) is 108 Å². The Morgan fingerprint density at radius 1 is 0.929 bits per heavy atom. The van der Waals surface area contributed by atoms with Crippen LogP contribution in [0.3, 0.4) is 0 Å². The zero-order valence-electron chi connectivity index (χ0n) is 23.3. The number of nitrogens with zero attached hydrogens (tertiary/aromatic N) is 6. The van der Waals surface area contributed by atoms with Gasteiger partial charge in [0.1, 0.15) is 23.3 Å². The predicted molar refractivity (Wildman–Crippen MR) is 164 cm³/mol. The van der Waals surface area contributed by atoms with E-state index in [1.54, 1.807) is 60.5 Å². The molecule has 1 saturated heterocycles. The van der Waals surface area contributed by atoms with Gasteiger partial charge in [0.25, 0.3) is 0 Å². The summed E-state index contributed by atoms with van der Waals surface area (Å²) in [5.74, 6) is 1.36. The molecule has 0 radical (unpaired) electrons. The molecule has 1 aliphatic heterocycles. The van der Waals surface area contributed by atoms with Gasteiger partial charge in [0, 0.05) is 25.4 Å². The van der Waals surface area contributed by atoms with Gasteiger partial charge in [-0.15, -0.1) is 0 Å². The first-order chi connectivity index (χ1) is 20.5. The molecular weight excluding hydrogens is 530 g/mol. The highest BCUT2D eigenvalue weighted by molar-refractivity contribution is 6.01. The van der Waals surface area contributed by atoms with E-state index in [0.717, 1.165) is 19.6 Å². The standard InChI is InChI=1S/C32H31N7O3/c1-36(28(40)13-8-20-37-18-5-6-19-37)24-9-7-10-25(21-24)39-31-29(30(33)34-22-35-31)38(32(39)41)23-14-16-27(17-15-23)42-26-11-3-2-4-12-26/h2-4,7-17,21-22H,5-6,18-20H2,1H3,(H2,33,34,35). The van der Waals surface area contributed by atoms with Gasteiger partial charge in [0.05, 0.1) is 11.4 Å². The Hall–Kier alpha value is -5.22. The van der Waals surface area contributed by atoms with Crippen molar-refractivity contribution < 1.29 is 9.53 Å². The average molecular weight is 562 g/mol. The van der Waals surface area contributed by atoms with E-state index in [0.29, 0.717) is 39.7 Å². The molecule has 1 aliphatic rings. The van der Waals surface area contributed by atoms with Crippen molar-refractivity contribution in [3.8, 4) is 22.9 Å². The van der Waals surface area contributed by atoms with Crippen molar-refractivity contribution in [2.45, 2.75) is 12.8 Å². The van der Waals surface area contributed by atoms with E-state index in [1.165, 1.54) is 28.3 Å². The first-order valence-corrected chi connectivity index (χ1v) is 13.8. The highest BCUT2D eigenvalue weighted by atomic mass is 16.5. The van der Waals surface area contributed by atoms with Crippen LogP contribution >= 0.6 is 0 Å². The molecule has 10 nitrogen and oxygen atoms in total. The monoisotopic (exact) mass is 561 g/mol. The number of para-hydroxylation sites is 1. The molecule has 3 heterocycles. The summed E-state index contributed by atoms with van der Waals surface area (Å²) in [6, 6.07) is 23.8. The lowest BCUT2D eigenvalue weighted by Gasteiger charge is -2.17. The van der Waals surface area contributed by atoms with Crippen LogP contribution in [0.25, 0.3) is 22.5 Å². The maximum absolute atomic E-state index is 14.0. The maximum atomic E-state index is 14.0. The van der Waals surface area contributed by atoms with E-state index in [2.05, 4.69) is 14.9 Å². The fourth-order valence-corrected chi connectivity index (χ4v) is 5.15. The van der Waals surface area contributed by atoms with Crippen LogP contribution in [-0.4, -0.2) is 56.6 Å².